The second kappa shape index (κ2) is 7.32. The molecule has 0 aliphatic carbocycles. The second-order valence-electron chi connectivity index (χ2n) is 5.53. The van der Waals surface area contributed by atoms with Crippen molar-refractivity contribution in [2.24, 2.45) is 0 Å². The van der Waals surface area contributed by atoms with Gasteiger partial charge in [0, 0.05) is 11.8 Å². The minimum atomic E-state index is -0.115. The Balaban J connectivity index is 2.06. The summed E-state index contributed by atoms with van der Waals surface area (Å²) in [5.74, 6) is 0.989. The van der Waals surface area contributed by atoms with Gasteiger partial charge in [-0.15, -0.1) is 0 Å². The van der Waals surface area contributed by atoms with Gasteiger partial charge in [-0.1, -0.05) is 43.8 Å². The van der Waals surface area contributed by atoms with Crippen LogP contribution >= 0.6 is 11.8 Å². The number of nitrogen functional groups attached to an aromatic ring is 2. The van der Waals surface area contributed by atoms with Crippen molar-refractivity contribution in [1.29, 1.82) is 0 Å². The first-order chi connectivity index (χ1) is 10.9. The van der Waals surface area contributed by atoms with Gasteiger partial charge in [0.15, 0.2) is 5.16 Å². The van der Waals surface area contributed by atoms with Crippen molar-refractivity contribution in [3.8, 4) is 0 Å². The van der Waals surface area contributed by atoms with Crippen LogP contribution < -0.4 is 16.8 Å². The molecule has 0 fully saturated rings. The largest absolute Gasteiger partial charge is 0.383 e. The van der Waals surface area contributed by atoms with Crippen LogP contribution in [-0.4, -0.2) is 21.6 Å². The summed E-state index contributed by atoms with van der Waals surface area (Å²) in [5, 5.41) is 3.38. The molecule has 5 N–H and O–H groups in total. The van der Waals surface area contributed by atoms with Gasteiger partial charge in [0.1, 0.15) is 11.6 Å². The predicted molar refractivity (Wildman–Crippen MR) is 95.5 cm³/mol. The average molecular weight is 331 g/mol. The summed E-state index contributed by atoms with van der Waals surface area (Å²) in [4.78, 5) is 20.3. The van der Waals surface area contributed by atoms with E-state index in [1.807, 2.05) is 25.1 Å². The number of nitrogens with two attached hydrogens (primary N) is 2. The van der Waals surface area contributed by atoms with Crippen LogP contribution in [0.3, 0.4) is 0 Å². The lowest BCUT2D eigenvalue weighted by atomic mass is 9.98. The van der Waals surface area contributed by atoms with Gasteiger partial charge in [-0.3, -0.25) is 4.79 Å². The highest BCUT2D eigenvalue weighted by Gasteiger charge is 2.13. The summed E-state index contributed by atoms with van der Waals surface area (Å²) in [6.45, 7) is 6.18. The van der Waals surface area contributed by atoms with Crippen molar-refractivity contribution in [2.45, 2.75) is 31.8 Å². The van der Waals surface area contributed by atoms with Gasteiger partial charge in [0.25, 0.3) is 0 Å². The van der Waals surface area contributed by atoms with Crippen molar-refractivity contribution in [1.82, 2.24) is 9.97 Å². The van der Waals surface area contributed by atoms with E-state index in [0.717, 1.165) is 16.8 Å². The molecule has 0 saturated heterocycles. The molecule has 0 radical (unpaired) electrons. The third-order valence-corrected chi connectivity index (χ3v) is 4.12. The van der Waals surface area contributed by atoms with Crippen LogP contribution in [0.1, 0.15) is 30.9 Å². The number of para-hydroxylation sites is 1. The first-order valence-corrected chi connectivity index (χ1v) is 8.27. The summed E-state index contributed by atoms with van der Waals surface area (Å²) in [6, 6.07) is 7.49. The molecule has 0 saturated carbocycles. The van der Waals surface area contributed by atoms with Crippen LogP contribution in [0.5, 0.6) is 0 Å². The zero-order valence-corrected chi connectivity index (χ0v) is 14.3. The number of amides is 1. The topological polar surface area (TPSA) is 107 Å². The predicted octanol–water partition coefficient (Wildman–Crippen LogP) is 2.80. The molecule has 1 aromatic carbocycles. The maximum Gasteiger partial charge on any atom is 0.234 e. The number of hydrogen-bond acceptors (Lipinski definition) is 6. The molecule has 2 aromatic rings. The Labute approximate surface area is 140 Å². The molecule has 1 aromatic heterocycles. The maximum absolute atomic E-state index is 12.2. The fourth-order valence-corrected chi connectivity index (χ4v) is 2.85. The number of anilines is 3. The highest BCUT2D eigenvalue weighted by molar-refractivity contribution is 7.99. The molecule has 7 heteroatoms. The molecule has 1 amide bonds. The minimum Gasteiger partial charge on any atom is -0.383 e. The van der Waals surface area contributed by atoms with E-state index in [4.69, 9.17) is 11.5 Å². The van der Waals surface area contributed by atoms with Gasteiger partial charge in [-0.25, -0.2) is 9.97 Å². The summed E-state index contributed by atoms with van der Waals surface area (Å²) in [5.41, 5.74) is 14.3. The highest BCUT2D eigenvalue weighted by atomic mass is 32.2. The smallest absolute Gasteiger partial charge is 0.234 e. The Morgan fingerprint density at radius 2 is 1.91 bits per heavy atom. The molecular formula is C16H21N5OS. The molecule has 0 unspecified atom stereocenters. The van der Waals surface area contributed by atoms with E-state index in [0.29, 0.717) is 22.7 Å². The Morgan fingerprint density at radius 1 is 1.26 bits per heavy atom. The quantitative estimate of drug-likeness (QED) is 0.574. The molecule has 0 aliphatic heterocycles. The first kappa shape index (κ1) is 17.1. The van der Waals surface area contributed by atoms with E-state index in [9.17, 15) is 4.79 Å². The van der Waals surface area contributed by atoms with Crippen molar-refractivity contribution in [2.75, 3.05) is 22.5 Å². The second-order valence-corrected chi connectivity index (χ2v) is 6.47. The van der Waals surface area contributed by atoms with E-state index in [1.54, 1.807) is 0 Å². The van der Waals surface area contributed by atoms with Gasteiger partial charge < -0.3 is 16.8 Å². The van der Waals surface area contributed by atoms with Gasteiger partial charge >= 0.3 is 0 Å². The maximum atomic E-state index is 12.2. The molecule has 1 heterocycles. The van der Waals surface area contributed by atoms with Crippen LogP contribution in [0.2, 0.25) is 0 Å². The average Bonchev–Trinajstić information content (AvgIpc) is 2.46. The summed E-state index contributed by atoms with van der Waals surface area (Å²) < 4.78 is 0. The van der Waals surface area contributed by atoms with Crippen molar-refractivity contribution in [3.63, 3.8) is 0 Å². The van der Waals surface area contributed by atoms with Crippen molar-refractivity contribution in [3.05, 3.63) is 35.4 Å². The normalized spacial score (nSPS) is 10.8. The van der Waals surface area contributed by atoms with Crippen LogP contribution in [0.4, 0.5) is 17.3 Å². The standard InChI is InChI=1S/C16H21N5OS/c1-9(2)11-6-4-5-10(3)15(11)21-14(22)8-23-16-19-12(17)7-13(18)20-16/h4-7,9H,8H2,1-3H3,(H,21,22)(H4,17,18,19,20). The lowest BCUT2D eigenvalue weighted by molar-refractivity contribution is -0.113. The fourth-order valence-electron chi connectivity index (χ4n) is 2.17. The van der Waals surface area contributed by atoms with Gasteiger partial charge in [0.2, 0.25) is 5.91 Å². The highest BCUT2D eigenvalue weighted by Crippen LogP contribution is 2.27. The molecule has 0 spiro atoms. The van der Waals surface area contributed by atoms with E-state index in [-0.39, 0.29) is 11.7 Å². The van der Waals surface area contributed by atoms with Crippen LogP contribution in [0.25, 0.3) is 0 Å². The third kappa shape index (κ3) is 4.59. The van der Waals surface area contributed by atoms with E-state index < -0.39 is 0 Å². The molecule has 0 atom stereocenters. The van der Waals surface area contributed by atoms with Crippen molar-refractivity contribution >= 4 is 35.0 Å². The van der Waals surface area contributed by atoms with Crippen LogP contribution in [0.15, 0.2) is 29.4 Å². The van der Waals surface area contributed by atoms with E-state index in [2.05, 4.69) is 29.1 Å². The lowest BCUT2D eigenvalue weighted by Gasteiger charge is -2.16. The number of aryl methyl sites for hydroxylation is 1. The van der Waals surface area contributed by atoms with Crippen LogP contribution in [0, 0.1) is 6.92 Å². The number of benzene rings is 1. The number of hydrogen-bond donors (Lipinski definition) is 3. The molecule has 0 aliphatic rings. The molecule has 2 rings (SSSR count). The molecule has 23 heavy (non-hydrogen) atoms. The fraction of sp³-hybridized carbons (Fsp3) is 0.312. The SMILES string of the molecule is Cc1cccc(C(C)C)c1NC(=O)CSc1nc(N)cc(N)n1. The lowest BCUT2D eigenvalue weighted by Crippen LogP contribution is -2.17. The van der Waals surface area contributed by atoms with E-state index in [1.165, 1.54) is 17.8 Å². The summed E-state index contributed by atoms with van der Waals surface area (Å²) in [6.07, 6.45) is 0. The van der Waals surface area contributed by atoms with E-state index >= 15 is 0 Å². The number of carbonyl (C=O) groups is 1. The first-order valence-electron chi connectivity index (χ1n) is 7.29. The zero-order valence-electron chi connectivity index (χ0n) is 13.5. The minimum absolute atomic E-state index is 0.115. The molecule has 122 valence electrons. The third-order valence-electron chi connectivity index (χ3n) is 3.27. The number of aromatic nitrogens is 2. The van der Waals surface area contributed by atoms with Gasteiger partial charge in [-0.05, 0) is 24.0 Å². The summed E-state index contributed by atoms with van der Waals surface area (Å²) >= 11 is 1.20. The van der Waals surface area contributed by atoms with Crippen LogP contribution in [-0.2, 0) is 4.79 Å². The van der Waals surface area contributed by atoms with Crippen molar-refractivity contribution < 1.29 is 4.79 Å². The summed E-state index contributed by atoms with van der Waals surface area (Å²) in [7, 11) is 0. The monoisotopic (exact) mass is 331 g/mol. The Bertz CT molecular complexity index is 697. The Morgan fingerprint density at radius 3 is 2.52 bits per heavy atom. The molecule has 6 nitrogen and oxygen atoms in total. The number of rotatable bonds is 5. The number of nitrogens with zero attached hydrogens (tertiary/aromatic N) is 2. The molecule has 0 bridgehead atoms. The molecular weight excluding hydrogens is 310 g/mol. The number of nitrogens with one attached hydrogen (secondary N) is 1. The Hall–Kier alpha value is -2.28. The van der Waals surface area contributed by atoms with Gasteiger partial charge in [-0.2, -0.15) is 0 Å². The number of thioether (sulfide) groups is 1. The van der Waals surface area contributed by atoms with Gasteiger partial charge in [0.05, 0.1) is 5.75 Å². The zero-order chi connectivity index (χ0) is 17.0. The Kier molecular flexibility index (Phi) is 5.44. The number of carbonyl (C=O) groups excluding carboxylic acids is 1.